The lowest BCUT2D eigenvalue weighted by atomic mass is 10.0. The number of rotatable bonds is 5. The van der Waals surface area contributed by atoms with Crippen molar-refractivity contribution < 1.29 is 41.6 Å². The van der Waals surface area contributed by atoms with Crippen LogP contribution in [-0.4, -0.2) is 64.6 Å². The van der Waals surface area contributed by atoms with Crippen LogP contribution in [0, 0.1) is 0 Å². The summed E-state index contributed by atoms with van der Waals surface area (Å²) < 4.78 is 41.9. The fraction of sp³-hybridized carbons (Fsp3) is 0.333. The van der Waals surface area contributed by atoms with Gasteiger partial charge in [-0.3, -0.25) is 23.7 Å². The Kier molecular flexibility index (Phi) is 5.63. The summed E-state index contributed by atoms with van der Waals surface area (Å²) >= 11 is 0. The van der Waals surface area contributed by atoms with Gasteiger partial charge in [-0.05, 0) is 30.2 Å². The number of carbonyl (C=O) groups is 4. The van der Waals surface area contributed by atoms with Crippen molar-refractivity contribution in [3.8, 4) is 11.5 Å². The normalized spacial score (nSPS) is 20.7. The molecule has 0 unspecified atom stereocenters. The number of hydrogen-bond acceptors (Lipinski definition) is 8. The molecule has 11 nitrogen and oxygen atoms in total. The summed E-state index contributed by atoms with van der Waals surface area (Å²) in [6.45, 7) is 2.53. The number of amides is 2. The maximum absolute atomic E-state index is 12.5. The molecule has 2 saturated heterocycles. The second-order valence-electron chi connectivity index (χ2n) is 6.67. The third kappa shape index (κ3) is 4.19. The van der Waals surface area contributed by atoms with E-state index in [1.807, 2.05) is 0 Å². The number of esters is 2. The van der Waals surface area contributed by atoms with Gasteiger partial charge in [0.05, 0.1) is 6.04 Å². The molecular weight excluding hydrogens is 420 g/mol. The van der Waals surface area contributed by atoms with Gasteiger partial charge in [-0.15, -0.1) is 0 Å². The third-order valence-electron chi connectivity index (χ3n) is 4.56. The molecule has 3 rings (SSSR count). The Morgan fingerprint density at radius 2 is 1.77 bits per heavy atom. The molecule has 1 N–H and O–H groups in total. The summed E-state index contributed by atoms with van der Waals surface area (Å²) in [5.41, 5.74) is 0.450. The fourth-order valence-corrected chi connectivity index (χ4v) is 4.33. The number of likely N-dealkylation sites (tertiary alicyclic amines) is 1. The molecule has 0 radical (unpaired) electrons. The maximum Gasteiger partial charge on any atom is 0.362 e. The van der Waals surface area contributed by atoms with Gasteiger partial charge < -0.3 is 14.4 Å². The number of β-lactam (4-membered cyclic amide) rings is 1. The van der Waals surface area contributed by atoms with Gasteiger partial charge >= 0.3 is 22.2 Å². The number of benzene rings is 1. The van der Waals surface area contributed by atoms with Crippen LogP contribution in [-0.2, 0) is 29.5 Å². The van der Waals surface area contributed by atoms with E-state index in [9.17, 15) is 27.6 Å². The Bertz CT molecular complexity index is 1060. The molecule has 1 aromatic carbocycles. The van der Waals surface area contributed by atoms with Gasteiger partial charge in [0, 0.05) is 26.5 Å². The molecule has 0 aromatic heterocycles. The molecule has 2 atom stereocenters. The SMILES string of the molecule is CC(=O)Oc1ccc(C=CC(=O)N2CC[C@@H]3[C@H]2C(=O)N3S(=O)(=O)O)cc1OC(C)=O. The molecule has 0 aliphatic carbocycles. The highest BCUT2D eigenvalue weighted by Gasteiger charge is 2.59. The molecule has 0 saturated carbocycles. The van der Waals surface area contributed by atoms with Gasteiger partial charge in [0.25, 0.3) is 5.91 Å². The lowest BCUT2D eigenvalue weighted by Gasteiger charge is -2.42. The number of ether oxygens (including phenoxy) is 2. The Hall–Kier alpha value is -3.25. The Balaban J connectivity index is 1.75. The predicted octanol–water partition coefficient (Wildman–Crippen LogP) is 0.165. The van der Waals surface area contributed by atoms with Crippen molar-refractivity contribution in [1.29, 1.82) is 0 Å². The third-order valence-corrected chi connectivity index (χ3v) is 5.51. The van der Waals surface area contributed by atoms with Crippen molar-refractivity contribution in [1.82, 2.24) is 9.21 Å². The smallest absolute Gasteiger partial charge is 0.362 e. The summed E-state index contributed by atoms with van der Waals surface area (Å²) in [4.78, 5) is 48.2. The van der Waals surface area contributed by atoms with Crippen LogP contribution in [0.25, 0.3) is 6.08 Å². The topological polar surface area (TPSA) is 148 Å². The summed E-state index contributed by atoms with van der Waals surface area (Å²) in [7, 11) is -4.65. The fourth-order valence-electron chi connectivity index (χ4n) is 3.43. The molecule has 160 valence electrons. The van der Waals surface area contributed by atoms with Gasteiger partial charge in [-0.1, -0.05) is 6.07 Å². The lowest BCUT2D eigenvalue weighted by molar-refractivity contribution is -0.149. The Morgan fingerprint density at radius 3 is 2.37 bits per heavy atom. The quantitative estimate of drug-likeness (QED) is 0.223. The molecular formula is C18H18N2O9S. The number of nitrogens with zero attached hydrogens (tertiary/aromatic N) is 2. The minimum Gasteiger partial charge on any atom is -0.423 e. The molecule has 30 heavy (non-hydrogen) atoms. The van der Waals surface area contributed by atoms with E-state index < -0.39 is 46.1 Å². The van der Waals surface area contributed by atoms with E-state index >= 15 is 0 Å². The molecule has 12 heteroatoms. The van der Waals surface area contributed by atoms with E-state index in [0.29, 0.717) is 9.87 Å². The van der Waals surface area contributed by atoms with Crippen molar-refractivity contribution in [2.24, 2.45) is 0 Å². The van der Waals surface area contributed by atoms with Crippen LogP contribution < -0.4 is 9.47 Å². The van der Waals surface area contributed by atoms with Crippen LogP contribution in [0.15, 0.2) is 24.3 Å². The van der Waals surface area contributed by atoms with E-state index in [-0.39, 0.29) is 24.5 Å². The average molecular weight is 438 g/mol. The molecule has 1 aromatic rings. The first-order valence-electron chi connectivity index (χ1n) is 8.79. The van der Waals surface area contributed by atoms with Crippen LogP contribution in [0.5, 0.6) is 11.5 Å². The zero-order chi connectivity index (χ0) is 22.2. The van der Waals surface area contributed by atoms with Gasteiger partial charge in [0.2, 0.25) is 5.91 Å². The minimum absolute atomic E-state index is 0.00787. The Morgan fingerprint density at radius 1 is 1.13 bits per heavy atom. The largest absolute Gasteiger partial charge is 0.423 e. The van der Waals surface area contributed by atoms with Crippen LogP contribution in [0.1, 0.15) is 25.8 Å². The molecule has 0 spiro atoms. The zero-order valence-electron chi connectivity index (χ0n) is 16.0. The number of fused-ring (bicyclic) bond motifs is 1. The standard InChI is InChI=1S/C18H18N2O9S/c1-10(21)28-14-5-3-12(9-15(14)29-11(2)22)4-6-16(23)19-8-7-13-17(19)18(24)20(13)30(25,26)27/h3-6,9,13,17H,7-8H2,1-2H3,(H,25,26,27)/t13-,17+/m1/s1. The van der Waals surface area contributed by atoms with E-state index in [1.165, 1.54) is 49.1 Å². The van der Waals surface area contributed by atoms with Crippen molar-refractivity contribution in [2.75, 3.05) is 6.54 Å². The molecule has 0 bridgehead atoms. The first kappa shape index (κ1) is 21.5. The van der Waals surface area contributed by atoms with Crippen molar-refractivity contribution in [3.05, 3.63) is 29.8 Å². The highest BCUT2D eigenvalue weighted by Crippen LogP contribution is 2.36. The number of hydrogen-bond donors (Lipinski definition) is 1. The highest BCUT2D eigenvalue weighted by atomic mass is 32.2. The van der Waals surface area contributed by atoms with Crippen molar-refractivity contribution >= 4 is 40.1 Å². The van der Waals surface area contributed by atoms with E-state index in [4.69, 9.17) is 14.0 Å². The summed E-state index contributed by atoms with van der Waals surface area (Å²) in [6, 6.07) is 2.60. The van der Waals surface area contributed by atoms with E-state index in [0.717, 1.165) is 0 Å². The molecule has 2 amide bonds. The average Bonchev–Trinajstić information content (AvgIpc) is 2.98. The second-order valence-corrected chi connectivity index (χ2v) is 7.96. The molecule has 2 fully saturated rings. The monoisotopic (exact) mass is 438 g/mol. The highest BCUT2D eigenvalue weighted by molar-refractivity contribution is 7.84. The first-order valence-corrected chi connectivity index (χ1v) is 10.2. The van der Waals surface area contributed by atoms with Crippen LogP contribution >= 0.6 is 0 Å². The minimum atomic E-state index is -4.65. The van der Waals surface area contributed by atoms with Gasteiger partial charge in [0.1, 0.15) is 6.04 Å². The van der Waals surface area contributed by atoms with Gasteiger partial charge in [-0.25, -0.2) is 4.31 Å². The zero-order valence-corrected chi connectivity index (χ0v) is 16.8. The molecule has 2 aliphatic heterocycles. The van der Waals surface area contributed by atoms with E-state index in [2.05, 4.69) is 0 Å². The van der Waals surface area contributed by atoms with Gasteiger partial charge in [0.15, 0.2) is 11.5 Å². The van der Waals surface area contributed by atoms with Crippen LogP contribution in [0.2, 0.25) is 0 Å². The summed E-state index contributed by atoms with van der Waals surface area (Å²) in [5, 5.41) is 0. The number of carbonyl (C=O) groups excluding carboxylic acids is 4. The Labute approximate surface area is 171 Å². The summed E-state index contributed by atoms with van der Waals surface area (Å²) in [6.07, 6.45) is 2.82. The maximum atomic E-state index is 12.5. The van der Waals surface area contributed by atoms with Gasteiger partial charge in [-0.2, -0.15) is 8.42 Å². The summed E-state index contributed by atoms with van der Waals surface area (Å²) in [5.74, 6) is -2.58. The lowest BCUT2D eigenvalue weighted by Crippen LogP contribution is -2.68. The van der Waals surface area contributed by atoms with E-state index in [1.54, 1.807) is 0 Å². The molecule has 2 aliphatic rings. The second kappa shape index (κ2) is 7.88. The predicted molar refractivity (Wildman–Crippen MR) is 100 cm³/mol. The first-order chi connectivity index (χ1) is 14.0. The van der Waals surface area contributed by atoms with Crippen molar-refractivity contribution in [3.63, 3.8) is 0 Å². The van der Waals surface area contributed by atoms with Crippen LogP contribution in [0.3, 0.4) is 0 Å². The van der Waals surface area contributed by atoms with Crippen LogP contribution in [0.4, 0.5) is 0 Å². The van der Waals surface area contributed by atoms with Crippen molar-refractivity contribution in [2.45, 2.75) is 32.4 Å². The molecule has 2 heterocycles.